The van der Waals surface area contributed by atoms with Crippen LogP contribution >= 0.6 is 0 Å². The first-order chi connectivity index (χ1) is 9.17. The molecule has 0 saturated carbocycles. The maximum atomic E-state index is 11.8. The number of fused-ring (bicyclic) bond motifs is 1. The molecule has 1 saturated heterocycles. The summed E-state index contributed by atoms with van der Waals surface area (Å²) in [5.41, 5.74) is 1.93. The van der Waals surface area contributed by atoms with E-state index < -0.39 is 5.92 Å². The predicted molar refractivity (Wildman–Crippen MR) is 65.7 cm³/mol. The normalized spacial score (nSPS) is 19.5. The van der Waals surface area contributed by atoms with Crippen LogP contribution in [0.3, 0.4) is 0 Å². The molecule has 2 aromatic heterocycles. The Morgan fingerprint density at radius 1 is 1.37 bits per heavy atom. The summed E-state index contributed by atoms with van der Waals surface area (Å²) in [5.74, 6) is -0.958. The lowest BCUT2D eigenvalue weighted by Crippen LogP contribution is -2.39. The number of hydrogen-bond donors (Lipinski definition) is 1. The second kappa shape index (κ2) is 4.31. The number of nitrogens with one attached hydrogen (secondary N) is 1. The molecule has 0 bridgehead atoms. The van der Waals surface area contributed by atoms with Crippen molar-refractivity contribution in [3.63, 3.8) is 0 Å². The van der Waals surface area contributed by atoms with Gasteiger partial charge in [-0.25, -0.2) is 4.52 Å². The second-order valence-electron chi connectivity index (χ2n) is 4.52. The molecule has 6 heteroatoms. The first-order valence-corrected chi connectivity index (χ1v) is 5.95. The fourth-order valence-electron chi connectivity index (χ4n) is 2.25. The van der Waals surface area contributed by atoms with Gasteiger partial charge in [-0.1, -0.05) is 0 Å². The van der Waals surface area contributed by atoms with Crippen molar-refractivity contribution < 1.29 is 14.4 Å². The third kappa shape index (κ3) is 2.01. The summed E-state index contributed by atoms with van der Waals surface area (Å²) in [6.45, 7) is 0. The van der Waals surface area contributed by atoms with Gasteiger partial charge >= 0.3 is 0 Å². The van der Waals surface area contributed by atoms with Crippen molar-refractivity contribution in [3.8, 4) is 0 Å². The number of nitrogens with zero attached hydrogens (tertiary/aromatic N) is 2. The van der Waals surface area contributed by atoms with E-state index in [0.29, 0.717) is 24.1 Å². The van der Waals surface area contributed by atoms with Gasteiger partial charge in [-0.15, -0.1) is 0 Å². The topological polar surface area (TPSA) is 80.5 Å². The summed E-state index contributed by atoms with van der Waals surface area (Å²) in [4.78, 5) is 33.6. The molecule has 2 aromatic rings. The Morgan fingerprint density at radius 3 is 2.95 bits per heavy atom. The minimum Gasteiger partial charge on any atom is -0.298 e. The molecule has 1 aliphatic rings. The summed E-state index contributed by atoms with van der Waals surface area (Å²) in [5, 5.41) is 6.63. The van der Waals surface area contributed by atoms with E-state index >= 15 is 0 Å². The number of carbonyl (C=O) groups is 3. The molecule has 1 fully saturated rings. The van der Waals surface area contributed by atoms with Crippen molar-refractivity contribution in [3.05, 3.63) is 35.7 Å². The Balaban J connectivity index is 1.99. The van der Waals surface area contributed by atoms with Gasteiger partial charge in [-0.3, -0.25) is 19.7 Å². The number of piperidine rings is 1. The van der Waals surface area contributed by atoms with Crippen molar-refractivity contribution in [2.24, 2.45) is 0 Å². The van der Waals surface area contributed by atoms with E-state index in [2.05, 4.69) is 10.4 Å². The molecular weight excluding hydrogens is 246 g/mol. The molecule has 0 aliphatic carbocycles. The van der Waals surface area contributed by atoms with Crippen molar-refractivity contribution in [1.29, 1.82) is 0 Å². The van der Waals surface area contributed by atoms with E-state index in [1.807, 2.05) is 0 Å². The van der Waals surface area contributed by atoms with Gasteiger partial charge in [0.15, 0.2) is 0 Å². The summed E-state index contributed by atoms with van der Waals surface area (Å²) in [6, 6.07) is 5.13. The maximum Gasteiger partial charge on any atom is 0.235 e. The lowest BCUT2D eigenvalue weighted by Gasteiger charge is -2.18. The average molecular weight is 257 g/mol. The molecule has 3 rings (SSSR count). The van der Waals surface area contributed by atoms with Crippen LogP contribution in [0, 0.1) is 0 Å². The Labute approximate surface area is 108 Å². The molecule has 19 heavy (non-hydrogen) atoms. The third-order valence-corrected chi connectivity index (χ3v) is 3.24. The number of carbonyl (C=O) groups excluding carboxylic acids is 3. The zero-order valence-electron chi connectivity index (χ0n) is 10.00. The minimum absolute atomic E-state index is 0.242. The molecule has 2 amide bonds. The van der Waals surface area contributed by atoms with Crippen molar-refractivity contribution in [1.82, 2.24) is 14.9 Å². The van der Waals surface area contributed by atoms with Crippen molar-refractivity contribution in [2.75, 3.05) is 0 Å². The highest BCUT2D eigenvalue weighted by Gasteiger charge is 2.29. The third-order valence-electron chi connectivity index (χ3n) is 3.24. The number of hydrogen-bond acceptors (Lipinski definition) is 4. The van der Waals surface area contributed by atoms with Crippen LogP contribution < -0.4 is 5.32 Å². The van der Waals surface area contributed by atoms with Crippen molar-refractivity contribution >= 4 is 23.6 Å². The predicted octanol–water partition coefficient (Wildman–Crippen LogP) is 0.667. The molecule has 3 heterocycles. The van der Waals surface area contributed by atoms with Crippen LogP contribution in [0.4, 0.5) is 0 Å². The number of imide groups is 1. The summed E-state index contributed by atoms with van der Waals surface area (Å²) < 4.78 is 1.62. The number of amides is 2. The van der Waals surface area contributed by atoms with Crippen LogP contribution in [0.5, 0.6) is 0 Å². The van der Waals surface area contributed by atoms with Crippen LogP contribution in [0.2, 0.25) is 0 Å². The van der Waals surface area contributed by atoms with Gasteiger partial charge in [0.05, 0.1) is 17.1 Å². The van der Waals surface area contributed by atoms with Gasteiger partial charge in [-0.05, 0) is 24.6 Å². The molecule has 0 spiro atoms. The van der Waals surface area contributed by atoms with Crippen LogP contribution in [0.15, 0.2) is 24.4 Å². The molecule has 96 valence electrons. The minimum atomic E-state index is -0.405. The van der Waals surface area contributed by atoms with Crippen LogP contribution in [0.25, 0.3) is 5.52 Å². The zero-order chi connectivity index (χ0) is 13.4. The van der Waals surface area contributed by atoms with Gasteiger partial charge in [0.1, 0.15) is 6.29 Å². The first kappa shape index (κ1) is 11.6. The highest BCUT2D eigenvalue weighted by molar-refractivity contribution is 6.00. The van der Waals surface area contributed by atoms with E-state index in [0.717, 1.165) is 11.8 Å². The molecule has 1 N–H and O–H groups in total. The summed E-state index contributed by atoms with van der Waals surface area (Å²) in [7, 11) is 0. The van der Waals surface area contributed by atoms with E-state index in [1.165, 1.54) is 0 Å². The van der Waals surface area contributed by atoms with E-state index in [9.17, 15) is 14.4 Å². The Morgan fingerprint density at radius 2 is 2.21 bits per heavy atom. The standard InChI is InChI=1S/C13H11N3O3/c17-7-8-3-4-16-9(5-8)6-11(15-16)10-1-2-12(18)14-13(10)19/h3-7,10H,1-2H2,(H,14,18,19). The molecule has 6 nitrogen and oxygen atoms in total. The van der Waals surface area contributed by atoms with Crippen LogP contribution in [-0.4, -0.2) is 27.7 Å². The smallest absolute Gasteiger partial charge is 0.235 e. The summed E-state index contributed by atoms with van der Waals surface area (Å²) in [6.07, 6.45) is 3.23. The van der Waals surface area contributed by atoms with E-state index in [4.69, 9.17) is 0 Å². The second-order valence-corrected chi connectivity index (χ2v) is 4.52. The van der Waals surface area contributed by atoms with Gasteiger partial charge < -0.3 is 0 Å². The fraction of sp³-hybridized carbons (Fsp3) is 0.231. The van der Waals surface area contributed by atoms with Gasteiger partial charge in [0, 0.05) is 18.2 Å². The van der Waals surface area contributed by atoms with Crippen LogP contribution in [0.1, 0.15) is 34.8 Å². The lowest BCUT2D eigenvalue weighted by molar-refractivity contribution is -0.134. The zero-order valence-corrected chi connectivity index (χ0v) is 10.00. The number of pyridine rings is 1. The quantitative estimate of drug-likeness (QED) is 0.633. The SMILES string of the molecule is O=Cc1ccn2nc(C3CCC(=O)NC3=O)cc2c1. The summed E-state index contributed by atoms with van der Waals surface area (Å²) >= 11 is 0. The molecule has 1 atom stereocenters. The van der Waals surface area contributed by atoms with Gasteiger partial charge in [0.2, 0.25) is 11.8 Å². The number of aldehydes is 1. The molecule has 0 aromatic carbocycles. The molecule has 0 radical (unpaired) electrons. The van der Waals surface area contributed by atoms with Crippen LogP contribution in [-0.2, 0) is 9.59 Å². The van der Waals surface area contributed by atoms with Gasteiger partial charge in [0.25, 0.3) is 0 Å². The molecule has 1 aliphatic heterocycles. The van der Waals surface area contributed by atoms with E-state index in [-0.39, 0.29) is 11.8 Å². The maximum absolute atomic E-state index is 11.8. The first-order valence-electron chi connectivity index (χ1n) is 5.95. The Bertz CT molecular complexity index is 689. The number of rotatable bonds is 2. The van der Waals surface area contributed by atoms with Crippen molar-refractivity contribution in [2.45, 2.75) is 18.8 Å². The highest BCUT2D eigenvalue weighted by atomic mass is 16.2. The number of aromatic nitrogens is 2. The monoisotopic (exact) mass is 257 g/mol. The molecule has 1 unspecified atom stereocenters. The van der Waals surface area contributed by atoms with E-state index in [1.54, 1.807) is 28.9 Å². The van der Waals surface area contributed by atoms with Gasteiger partial charge in [-0.2, -0.15) is 5.10 Å². The lowest BCUT2D eigenvalue weighted by atomic mass is 9.95. The largest absolute Gasteiger partial charge is 0.298 e. The Kier molecular flexibility index (Phi) is 2.63. The average Bonchev–Trinajstić information content (AvgIpc) is 2.80. The highest BCUT2D eigenvalue weighted by Crippen LogP contribution is 2.24. The molecular formula is C13H11N3O3. The fourth-order valence-corrected chi connectivity index (χ4v) is 2.25. The Hall–Kier alpha value is -2.50.